The van der Waals surface area contributed by atoms with Gasteiger partial charge in [0.1, 0.15) is 10.7 Å². The third-order valence-electron chi connectivity index (χ3n) is 5.12. The van der Waals surface area contributed by atoms with E-state index >= 15 is 0 Å². The Balaban J connectivity index is 1.55. The Morgan fingerprint density at radius 3 is 2.39 bits per heavy atom. The first-order chi connectivity index (χ1) is 15.7. The predicted molar refractivity (Wildman–Crippen MR) is 124 cm³/mol. The number of hydrogen-bond acceptors (Lipinski definition) is 5. The Morgan fingerprint density at radius 1 is 1.09 bits per heavy atom. The largest absolute Gasteiger partial charge is 0.368 e. The third kappa shape index (κ3) is 6.31. The lowest BCUT2D eigenvalue weighted by atomic mass is 10.2. The highest BCUT2D eigenvalue weighted by molar-refractivity contribution is 7.89. The van der Waals surface area contributed by atoms with Crippen molar-refractivity contribution in [2.45, 2.75) is 4.90 Å². The van der Waals surface area contributed by atoms with E-state index in [2.05, 4.69) is 21.5 Å². The molecule has 11 heteroatoms. The van der Waals surface area contributed by atoms with Gasteiger partial charge in [0.25, 0.3) is 5.91 Å². The number of amides is 2. The molecule has 0 aromatic heterocycles. The fourth-order valence-corrected chi connectivity index (χ4v) is 4.56. The first kappa shape index (κ1) is 24.7. The highest BCUT2D eigenvalue weighted by Gasteiger charge is 2.23. The molecule has 3 rings (SSSR count). The smallest absolute Gasteiger partial charge is 0.251 e. The van der Waals surface area contributed by atoms with Crippen molar-refractivity contribution in [1.29, 1.82) is 0 Å². The molecular formula is C22H24ClFN4O4S. The molecule has 0 atom stereocenters. The lowest BCUT2D eigenvalue weighted by molar-refractivity contribution is -0.130. The predicted octanol–water partition coefficient (Wildman–Crippen LogP) is 2.02. The van der Waals surface area contributed by atoms with Crippen LogP contribution in [0.2, 0.25) is 5.02 Å². The third-order valence-corrected chi connectivity index (χ3v) is 6.82. The lowest BCUT2D eigenvalue weighted by Crippen LogP contribution is -2.51. The topological polar surface area (TPSA) is 98.8 Å². The van der Waals surface area contributed by atoms with Gasteiger partial charge in [-0.25, -0.2) is 17.5 Å². The van der Waals surface area contributed by atoms with Crippen molar-refractivity contribution in [3.63, 3.8) is 0 Å². The fraction of sp³-hybridized carbons (Fsp3) is 0.273. The number of sulfonamides is 1. The number of carbonyl (C=O) groups excluding carboxylic acids is 2. The number of nitrogens with zero attached hydrogens (tertiary/aromatic N) is 2. The van der Waals surface area contributed by atoms with Crippen LogP contribution in [0.1, 0.15) is 10.4 Å². The summed E-state index contributed by atoms with van der Waals surface area (Å²) in [4.78, 5) is 28.1. The van der Waals surface area contributed by atoms with Gasteiger partial charge < -0.3 is 15.1 Å². The van der Waals surface area contributed by atoms with Crippen LogP contribution in [-0.2, 0) is 14.8 Å². The molecule has 2 aromatic rings. The zero-order valence-electron chi connectivity index (χ0n) is 17.8. The van der Waals surface area contributed by atoms with Crippen LogP contribution in [0.25, 0.3) is 0 Å². The van der Waals surface area contributed by atoms with E-state index < -0.39 is 26.6 Å². The number of benzene rings is 2. The van der Waals surface area contributed by atoms with Crippen molar-refractivity contribution in [1.82, 2.24) is 14.9 Å². The molecule has 0 radical (unpaired) electrons. The number of piperazine rings is 1. The van der Waals surface area contributed by atoms with Gasteiger partial charge >= 0.3 is 0 Å². The summed E-state index contributed by atoms with van der Waals surface area (Å²) in [6.07, 6.45) is 1.31. The van der Waals surface area contributed by atoms with Crippen molar-refractivity contribution < 1.29 is 22.4 Å². The van der Waals surface area contributed by atoms with Gasteiger partial charge in [-0.2, -0.15) is 0 Å². The average molecular weight is 495 g/mol. The second-order valence-corrected chi connectivity index (χ2v) is 9.48. The van der Waals surface area contributed by atoms with E-state index in [-0.39, 0.29) is 24.6 Å². The molecule has 0 spiro atoms. The van der Waals surface area contributed by atoms with Gasteiger partial charge in [0, 0.05) is 49.0 Å². The quantitative estimate of drug-likeness (QED) is 0.547. The second kappa shape index (κ2) is 10.8. The number of anilines is 1. The Hall–Kier alpha value is -2.95. The van der Waals surface area contributed by atoms with Crippen LogP contribution in [0.5, 0.6) is 0 Å². The molecule has 1 aliphatic heterocycles. The normalized spacial score (nSPS) is 14.1. The van der Waals surface area contributed by atoms with E-state index in [1.807, 2.05) is 24.3 Å². The average Bonchev–Trinajstić information content (AvgIpc) is 2.82. The minimum absolute atomic E-state index is 0.0734. The monoisotopic (exact) mass is 494 g/mol. The summed E-state index contributed by atoms with van der Waals surface area (Å²) >= 11 is 5.92. The Bertz CT molecular complexity index is 1130. The number of halogens is 2. The Morgan fingerprint density at radius 2 is 1.76 bits per heavy atom. The van der Waals surface area contributed by atoms with Gasteiger partial charge in [0.15, 0.2) is 0 Å². The number of carbonyl (C=O) groups is 2. The van der Waals surface area contributed by atoms with Crippen LogP contribution in [0.3, 0.4) is 0 Å². The molecule has 1 fully saturated rings. The Kier molecular flexibility index (Phi) is 8.06. The number of hydrogen-bond donors (Lipinski definition) is 2. The van der Waals surface area contributed by atoms with Crippen LogP contribution >= 0.6 is 11.6 Å². The summed E-state index contributed by atoms with van der Waals surface area (Å²) < 4.78 is 40.6. The first-order valence-corrected chi connectivity index (χ1v) is 12.0. The van der Waals surface area contributed by atoms with Crippen LogP contribution in [-0.4, -0.2) is 64.4 Å². The summed E-state index contributed by atoms with van der Waals surface area (Å²) in [5.41, 5.74) is 0.945. The van der Waals surface area contributed by atoms with Crippen molar-refractivity contribution in [2.75, 3.05) is 44.2 Å². The van der Waals surface area contributed by atoms with Crippen LogP contribution in [0, 0.1) is 5.82 Å². The lowest BCUT2D eigenvalue weighted by Gasteiger charge is -2.36. The van der Waals surface area contributed by atoms with Crippen molar-refractivity contribution >= 4 is 39.1 Å². The standard InChI is InChI=1S/C22H24ClFN4O4S/c1-2-9-26-33(31,32)20-14-16(3-8-19(20)24)22(30)25-15-21(29)28-12-10-27(11-13-28)18-6-4-17(23)5-7-18/h2-8,14,26H,1,9-13,15H2,(H,25,30). The van der Waals surface area contributed by atoms with E-state index in [0.717, 1.165) is 23.9 Å². The van der Waals surface area contributed by atoms with Crippen LogP contribution in [0.15, 0.2) is 60.0 Å². The minimum atomic E-state index is -4.15. The number of rotatable bonds is 8. The molecule has 8 nitrogen and oxygen atoms in total. The molecule has 1 aliphatic rings. The second-order valence-electron chi connectivity index (χ2n) is 7.31. The molecule has 2 N–H and O–H groups in total. The summed E-state index contributed by atoms with van der Waals surface area (Å²) in [6, 6.07) is 10.5. The van der Waals surface area contributed by atoms with E-state index in [4.69, 9.17) is 11.6 Å². The zero-order chi connectivity index (χ0) is 24.0. The molecule has 0 aliphatic carbocycles. The molecule has 0 unspecified atom stereocenters. The first-order valence-electron chi connectivity index (χ1n) is 10.2. The van der Waals surface area contributed by atoms with Gasteiger partial charge in [-0.1, -0.05) is 17.7 Å². The van der Waals surface area contributed by atoms with Crippen molar-refractivity contribution in [2.24, 2.45) is 0 Å². The van der Waals surface area contributed by atoms with Gasteiger partial charge in [-0.05, 0) is 42.5 Å². The maximum Gasteiger partial charge on any atom is 0.251 e. The Labute approximate surface area is 197 Å². The fourth-order valence-electron chi connectivity index (χ4n) is 3.33. The molecule has 2 aromatic carbocycles. The molecule has 33 heavy (non-hydrogen) atoms. The molecule has 0 bridgehead atoms. The van der Waals surface area contributed by atoms with Gasteiger partial charge in [-0.3, -0.25) is 9.59 Å². The van der Waals surface area contributed by atoms with E-state index in [1.165, 1.54) is 6.08 Å². The molecule has 2 amide bonds. The molecular weight excluding hydrogens is 471 g/mol. The van der Waals surface area contributed by atoms with Crippen molar-refractivity contribution in [3.8, 4) is 0 Å². The van der Waals surface area contributed by atoms with E-state index in [9.17, 15) is 22.4 Å². The summed E-state index contributed by atoms with van der Waals surface area (Å²) in [6.45, 7) is 5.31. The number of nitrogens with one attached hydrogen (secondary N) is 2. The van der Waals surface area contributed by atoms with Gasteiger partial charge in [0.05, 0.1) is 6.54 Å². The highest BCUT2D eigenvalue weighted by Crippen LogP contribution is 2.20. The highest BCUT2D eigenvalue weighted by atomic mass is 35.5. The van der Waals surface area contributed by atoms with Gasteiger partial charge in [-0.15, -0.1) is 6.58 Å². The molecule has 1 saturated heterocycles. The minimum Gasteiger partial charge on any atom is -0.368 e. The molecule has 176 valence electrons. The summed E-state index contributed by atoms with van der Waals surface area (Å²) in [5.74, 6) is -1.93. The van der Waals surface area contributed by atoms with E-state index in [0.29, 0.717) is 31.2 Å². The van der Waals surface area contributed by atoms with Gasteiger partial charge in [0.2, 0.25) is 15.9 Å². The van der Waals surface area contributed by atoms with Crippen LogP contribution < -0.4 is 14.9 Å². The molecule has 0 saturated carbocycles. The zero-order valence-corrected chi connectivity index (χ0v) is 19.3. The van der Waals surface area contributed by atoms with Crippen LogP contribution in [0.4, 0.5) is 10.1 Å². The van der Waals surface area contributed by atoms with Crippen molar-refractivity contribution in [3.05, 3.63) is 71.5 Å². The summed E-state index contributed by atoms with van der Waals surface area (Å²) in [7, 11) is -4.15. The maximum absolute atomic E-state index is 14.0. The maximum atomic E-state index is 14.0. The van der Waals surface area contributed by atoms with E-state index in [1.54, 1.807) is 4.90 Å². The SMILES string of the molecule is C=CCNS(=O)(=O)c1cc(C(=O)NCC(=O)N2CCN(c3ccc(Cl)cc3)CC2)ccc1F. The summed E-state index contributed by atoms with van der Waals surface area (Å²) in [5, 5.41) is 3.13. The molecule has 1 heterocycles.